The number of amides is 1. The third-order valence-electron chi connectivity index (χ3n) is 4.49. The number of carbonyl (C=O) groups excluding carboxylic acids is 1. The SMILES string of the molecule is O=C(N[C@@H]1CN(Cc2ccccc2)C[C@H]1CO)c1cc(F)ccc1F. The van der Waals surface area contributed by atoms with Crippen molar-refractivity contribution >= 4 is 5.91 Å². The Morgan fingerprint density at radius 2 is 1.92 bits per heavy atom. The van der Waals surface area contributed by atoms with Crippen LogP contribution >= 0.6 is 0 Å². The van der Waals surface area contributed by atoms with Crippen LogP contribution in [0.1, 0.15) is 15.9 Å². The molecule has 1 amide bonds. The van der Waals surface area contributed by atoms with Crippen LogP contribution in [0.15, 0.2) is 48.5 Å². The van der Waals surface area contributed by atoms with Gasteiger partial charge in [-0.25, -0.2) is 8.78 Å². The van der Waals surface area contributed by atoms with Gasteiger partial charge in [0.25, 0.3) is 5.91 Å². The van der Waals surface area contributed by atoms with Crippen molar-refractivity contribution in [3.63, 3.8) is 0 Å². The molecule has 0 aliphatic carbocycles. The van der Waals surface area contributed by atoms with Gasteiger partial charge in [-0.2, -0.15) is 0 Å². The van der Waals surface area contributed by atoms with Gasteiger partial charge in [-0.15, -0.1) is 0 Å². The molecule has 6 heteroatoms. The molecule has 3 rings (SSSR count). The molecular weight excluding hydrogens is 326 g/mol. The monoisotopic (exact) mass is 346 g/mol. The highest BCUT2D eigenvalue weighted by Gasteiger charge is 2.33. The summed E-state index contributed by atoms with van der Waals surface area (Å²) in [6.45, 7) is 1.80. The molecule has 0 spiro atoms. The smallest absolute Gasteiger partial charge is 0.254 e. The minimum Gasteiger partial charge on any atom is -0.396 e. The molecule has 0 aromatic heterocycles. The van der Waals surface area contributed by atoms with Crippen LogP contribution in [0.5, 0.6) is 0 Å². The number of likely N-dealkylation sites (tertiary alicyclic amines) is 1. The molecule has 132 valence electrons. The van der Waals surface area contributed by atoms with Gasteiger partial charge in [0.15, 0.2) is 0 Å². The molecule has 0 unspecified atom stereocenters. The van der Waals surface area contributed by atoms with Crippen LogP contribution in [0.25, 0.3) is 0 Å². The fourth-order valence-corrected chi connectivity index (χ4v) is 3.20. The lowest BCUT2D eigenvalue weighted by atomic mass is 10.0. The normalized spacial score (nSPS) is 20.6. The van der Waals surface area contributed by atoms with Crippen molar-refractivity contribution in [2.45, 2.75) is 12.6 Å². The molecule has 4 nitrogen and oxygen atoms in total. The van der Waals surface area contributed by atoms with E-state index >= 15 is 0 Å². The van der Waals surface area contributed by atoms with E-state index in [0.29, 0.717) is 19.6 Å². The fraction of sp³-hybridized carbons (Fsp3) is 0.316. The van der Waals surface area contributed by atoms with E-state index in [2.05, 4.69) is 10.2 Å². The van der Waals surface area contributed by atoms with Gasteiger partial charge in [0, 0.05) is 38.2 Å². The van der Waals surface area contributed by atoms with Gasteiger partial charge in [0.1, 0.15) is 11.6 Å². The van der Waals surface area contributed by atoms with Crippen LogP contribution in [0.3, 0.4) is 0 Å². The van der Waals surface area contributed by atoms with Gasteiger partial charge in [0.05, 0.1) is 5.56 Å². The van der Waals surface area contributed by atoms with Gasteiger partial charge >= 0.3 is 0 Å². The maximum atomic E-state index is 13.7. The molecule has 1 aliphatic heterocycles. The molecular formula is C19H20F2N2O2. The van der Waals surface area contributed by atoms with Crippen LogP contribution in [0.4, 0.5) is 8.78 Å². The molecule has 0 bridgehead atoms. The Kier molecular flexibility index (Phi) is 5.40. The lowest BCUT2D eigenvalue weighted by Gasteiger charge is -2.18. The molecule has 2 aromatic carbocycles. The number of halogens is 2. The Hall–Kier alpha value is -2.31. The molecule has 1 saturated heterocycles. The Labute approximate surface area is 145 Å². The third-order valence-corrected chi connectivity index (χ3v) is 4.49. The average molecular weight is 346 g/mol. The van der Waals surface area contributed by atoms with Crippen molar-refractivity contribution in [2.75, 3.05) is 19.7 Å². The Morgan fingerprint density at radius 3 is 2.64 bits per heavy atom. The fourth-order valence-electron chi connectivity index (χ4n) is 3.20. The summed E-state index contributed by atoms with van der Waals surface area (Å²) in [6.07, 6.45) is 0. The lowest BCUT2D eigenvalue weighted by molar-refractivity contribution is 0.0916. The van der Waals surface area contributed by atoms with Crippen LogP contribution in [-0.4, -0.2) is 41.7 Å². The maximum Gasteiger partial charge on any atom is 0.254 e. The summed E-state index contributed by atoms with van der Waals surface area (Å²) in [7, 11) is 0. The van der Waals surface area contributed by atoms with Gasteiger partial charge in [-0.3, -0.25) is 9.69 Å². The molecule has 1 fully saturated rings. The summed E-state index contributed by atoms with van der Waals surface area (Å²) in [5.74, 6) is -2.24. The largest absolute Gasteiger partial charge is 0.396 e. The topological polar surface area (TPSA) is 52.6 Å². The number of nitrogens with one attached hydrogen (secondary N) is 1. The van der Waals surface area contributed by atoms with E-state index in [1.165, 1.54) is 0 Å². The first-order chi connectivity index (χ1) is 12.1. The zero-order valence-electron chi connectivity index (χ0n) is 13.7. The molecule has 2 aromatic rings. The van der Waals surface area contributed by atoms with E-state index in [1.54, 1.807) is 0 Å². The van der Waals surface area contributed by atoms with Crippen molar-refractivity contribution in [3.05, 3.63) is 71.3 Å². The van der Waals surface area contributed by atoms with Gasteiger partial charge in [-0.05, 0) is 23.8 Å². The van der Waals surface area contributed by atoms with Gasteiger partial charge in [0.2, 0.25) is 0 Å². The van der Waals surface area contributed by atoms with E-state index in [0.717, 1.165) is 23.8 Å². The molecule has 25 heavy (non-hydrogen) atoms. The van der Waals surface area contributed by atoms with E-state index in [-0.39, 0.29) is 24.1 Å². The highest BCUT2D eigenvalue weighted by atomic mass is 19.1. The van der Waals surface area contributed by atoms with E-state index in [4.69, 9.17) is 0 Å². The molecule has 1 heterocycles. The second-order valence-electron chi connectivity index (χ2n) is 6.33. The molecule has 2 N–H and O–H groups in total. The zero-order valence-corrected chi connectivity index (χ0v) is 13.7. The molecule has 1 aliphatic rings. The van der Waals surface area contributed by atoms with Gasteiger partial charge < -0.3 is 10.4 Å². The van der Waals surface area contributed by atoms with Gasteiger partial charge in [-0.1, -0.05) is 30.3 Å². The number of nitrogens with zero attached hydrogens (tertiary/aromatic N) is 1. The number of hydrogen-bond acceptors (Lipinski definition) is 3. The van der Waals surface area contributed by atoms with Crippen molar-refractivity contribution in [3.8, 4) is 0 Å². The Balaban J connectivity index is 1.67. The predicted molar refractivity (Wildman–Crippen MR) is 89.9 cm³/mol. The van der Waals surface area contributed by atoms with E-state index in [9.17, 15) is 18.7 Å². The Morgan fingerprint density at radius 1 is 1.16 bits per heavy atom. The number of aliphatic hydroxyl groups is 1. The number of rotatable bonds is 5. The van der Waals surface area contributed by atoms with Crippen LogP contribution in [0.2, 0.25) is 0 Å². The summed E-state index contributed by atoms with van der Waals surface area (Å²) in [6, 6.07) is 12.4. The summed E-state index contributed by atoms with van der Waals surface area (Å²) >= 11 is 0. The van der Waals surface area contributed by atoms with Crippen molar-refractivity contribution < 1.29 is 18.7 Å². The lowest BCUT2D eigenvalue weighted by Crippen LogP contribution is -2.41. The number of carbonyl (C=O) groups is 1. The van der Waals surface area contributed by atoms with Crippen LogP contribution in [0, 0.1) is 17.6 Å². The maximum absolute atomic E-state index is 13.7. The summed E-state index contributed by atoms with van der Waals surface area (Å²) in [5.41, 5.74) is 0.820. The molecule has 2 atom stereocenters. The summed E-state index contributed by atoms with van der Waals surface area (Å²) in [4.78, 5) is 14.4. The van der Waals surface area contributed by atoms with Crippen molar-refractivity contribution in [1.82, 2.24) is 10.2 Å². The summed E-state index contributed by atoms with van der Waals surface area (Å²) in [5, 5.41) is 12.3. The second kappa shape index (κ2) is 7.72. The quantitative estimate of drug-likeness (QED) is 0.873. The Bertz CT molecular complexity index is 739. The van der Waals surface area contributed by atoms with Crippen molar-refractivity contribution in [1.29, 1.82) is 0 Å². The molecule has 0 radical (unpaired) electrons. The molecule has 0 saturated carbocycles. The minimum atomic E-state index is -0.765. The highest BCUT2D eigenvalue weighted by molar-refractivity contribution is 5.94. The highest BCUT2D eigenvalue weighted by Crippen LogP contribution is 2.20. The first-order valence-corrected chi connectivity index (χ1v) is 8.20. The second-order valence-corrected chi connectivity index (χ2v) is 6.33. The average Bonchev–Trinajstić information content (AvgIpc) is 2.99. The zero-order chi connectivity index (χ0) is 17.8. The van der Waals surface area contributed by atoms with Crippen LogP contribution < -0.4 is 5.32 Å². The minimum absolute atomic E-state index is 0.0815. The first kappa shape index (κ1) is 17.5. The first-order valence-electron chi connectivity index (χ1n) is 8.20. The number of hydrogen-bond donors (Lipinski definition) is 2. The van der Waals surface area contributed by atoms with Crippen molar-refractivity contribution in [2.24, 2.45) is 5.92 Å². The number of aliphatic hydroxyl groups excluding tert-OH is 1. The van der Waals surface area contributed by atoms with E-state index < -0.39 is 17.5 Å². The number of benzene rings is 2. The third kappa shape index (κ3) is 4.21. The van der Waals surface area contributed by atoms with Crippen LogP contribution in [-0.2, 0) is 6.54 Å². The van der Waals surface area contributed by atoms with E-state index in [1.807, 2.05) is 30.3 Å². The summed E-state index contributed by atoms with van der Waals surface area (Å²) < 4.78 is 27.0. The predicted octanol–water partition coefficient (Wildman–Crippen LogP) is 2.19. The standard InChI is InChI=1S/C19H20F2N2O2/c20-15-6-7-17(21)16(8-15)19(25)22-18-11-23(10-14(18)12-24)9-13-4-2-1-3-5-13/h1-8,14,18,24H,9-12H2,(H,22,25)/t14-,18+/m0/s1.